The van der Waals surface area contributed by atoms with Crippen LogP contribution in [0.15, 0.2) is 18.2 Å². The van der Waals surface area contributed by atoms with Crippen LogP contribution in [0, 0.1) is 5.82 Å². The Hall–Kier alpha value is -1.53. The van der Waals surface area contributed by atoms with E-state index in [0.29, 0.717) is 5.69 Å². The van der Waals surface area contributed by atoms with Gasteiger partial charge in [0.25, 0.3) is 0 Å². The highest BCUT2D eigenvalue weighted by Gasteiger charge is 2.15. The minimum absolute atomic E-state index is 0.0683. The number of nitrogens with one attached hydrogen (secondary N) is 1. The van der Waals surface area contributed by atoms with E-state index in [4.69, 9.17) is 18.0 Å². The fourth-order valence-electron chi connectivity index (χ4n) is 2.32. The van der Waals surface area contributed by atoms with Crippen LogP contribution < -0.4 is 11.1 Å². The van der Waals surface area contributed by atoms with E-state index in [1.54, 1.807) is 23.5 Å². The molecule has 104 valence electrons. The van der Waals surface area contributed by atoms with Crippen molar-refractivity contribution < 1.29 is 4.39 Å². The Kier molecular flexibility index (Phi) is 3.67. The first kappa shape index (κ1) is 13.5. The Labute approximate surface area is 126 Å². The van der Waals surface area contributed by atoms with Crippen LogP contribution in [0.2, 0.25) is 0 Å². The van der Waals surface area contributed by atoms with Gasteiger partial charge in [-0.2, -0.15) is 0 Å². The van der Waals surface area contributed by atoms with Gasteiger partial charge in [0.15, 0.2) is 5.13 Å². The number of hydrogen-bond acceptors (Lipinski definition) is 4. The van der Waals surface area contributed by atoms with Gasteiger partial charge in [0.05, 0.1) is 5.69 Å². The van der Waals surface area contributed by atoms with Gasteiger partial charge in [-0.1, -0.05) is 12.2 Å². The monoisotopic (exact) mass is 307 g/mol. The average molecular weight is 307 g/mol. The largest absolute Gasteiger partial charge is 0.389 e. The summed E-state index contributed by atoms with van der Waals surface area (Å²) < 4.78 is 13.8. The summed E-state index contributed by atoms with van der Waals surface area (Å²) in [6, 6.07) is 4.75. The molecular weight excluding hydrogens is 293 g/mol. The van der Waals surface area contributed by atoms with Crippen LogP contribution in [0.25, 0.3) is 0 Å². The van der Waals surface area contributed by atoms with E-state index in [1.807, 2.05) is 0 Å². The Bertz CT molecular complexity index is 643. The summed E-state index contributed by atoms with van der Waals surface area (Å²) in [5.74, 6) is -0.413. The second-order valence-electron chi connectivity index (χ2n) is 4.78. The third-order valence-electron chi connectivity index (χ3n) is 3.33. The minimum atomic E-state index is -0.413. The summed E-state index contributed by atoms with van der Waals surface area (Å²) in [4.78, 5) is 5.98. The number of thiazole rings is 1. The zero-order valence-corrected chi connectivity index (χ0v) is 12.4. The van der Waals surface area contributed by atoms with Crippen molar-refractivity contribution in [3.05, 3.63) is 40.2 Å². The van der Waals surface area contributed by atoms with E-state index in [1.165, 1.54) is 29.5 Å². The minimum Gasteiger partial charge on any atom is -0.389 e. The van der Waals surface area contributed by atoms with Crippen molar-refractivity contribution in [2.75, 3.05) is 5.32 Å². The highest BCUT2D eigenvalue weighted by Crippen LogP contribution is 2.31. The third kappa shape index (κ3) is 2.66. The van der Waals surface area contributed by atoms with E-state index in [0.717, 1.165) is 18.0 Å². The lowest BCUT2D eigenvalue weighted by Gasteiger charge is -2.06. The zero-order valence-electron chi connectivity index (χ0n) is 10.8. The molecule has 1 aromatic heterocycles. The van der Waals surface area contributed by atoms with E-state index < -0.39 is 5.82 Å². The standard InChI is InChI=1S/C14H14FN3S2/c15-10-7-8(5-6-9(10)13(16)19)17-14-18-11-3-1-2-4-12(11)20-14/h5-7H,1-4H2,(H2,16,19)(H,17,18). The maximum Gasteiger partial charge on any atom is 0.187 e. The number of rotatable bonds is 3. The molecule has 0 aliphatic heterocycles. The first-order valence-corrected chi connectivity index (χ1v) is 7.71. The highest BCUT2D eigenvalue weighted by molar-refractivity contribution is 7.80. The molecule has 0 spiro atoms. The van der Waals surface area contributed by atoms with Gasteiger partial charge in [0, 0.05) is 16.1 Å². The lowest BCUT2D eigenvalue weighted by molar-refractivity contribution is 0.626. The van der Waals surface area contributed by atoms with Crippen molar-refractivity contribution >= 4 is 39.4 Å². The Morgan fingerprint density at radius 3 is 2.85 bits per heavy atom. The SMILES string of the molecule is NC(=S)c1ccc(Nc2nc3c(s2)CCCC3)cc1F. The molecule has 1 aliphatic rings. The maximum absolute atomic E-state index is 13.8. The fourth-order valence-corrected chi connectivity index (χ4v) is 3.56. The highest BCUT2D eigenvalue weighted by atomic mass is 32.1. The number of nitrogens with zero attached hydrogens (tertiary/aromatic N) is 1. The van der Waals surface area contributed by atoms with E-state index in [9.17, 15) is 4.39 Å². The number of fused-ring (bicyclic) bond motifs is 1. The molecule has 2 aromatic rings. The molecule has 1 aromatic carbocycles. The van der Waals surface area contributed by atoms with Crippen LogP contribution in [0.1, 0.15) is 29.0 Å². The average Bonchev–Trinajstić information content (AvgIpc) is 2.80. The van der Waals surface area contributed by atoms with Gasteiger partial charge in [-0.3, -0.25) is 0 Å². The number of benzene rings is 1. The molecule has 6 heteroatoms. The summed E-state index contributed by atoms with van der Waals surface area (Å²) in [7, 11) is 0. The number of hydrogen-bond donors (Lipinski definition) is 2. The van der Waals surface area contributed by atoms with Gasteiger partial charge in [-0.15, -0.1) is 11.3 Å². The van der Waals surface area contributed by atoms with E-state index in [-0.39, 0.29) is 10.6 Å². The summed E-state index contributed by atoms with van der Waals surface area (Å²) in [5, 5.41) is 3.97. The van der Waals surface area contributed by atoms with Crippen molar-refractivity contribution in [3.63, 3.8) is 0 Å². The molecule has 3 N–H and O–H groups in total. The summed E-state index contributed by atoms with van der Waals surface area (Å²) in [6.07, 6.45) is 4.57. The van der Waals surface area contributed by atoms with Gasteiger partial charge >= 0.3 is 0 Å². The number of halogens is 1. The van der Waals surface area contributed by atoms with Gasteiger partial charge < -0.3 is 11.1 Å². The van der Waals surface area contributed by atoms with Crippen LogP contribution in [0.4, 0.5) is 15.2 Å². The van der Waals surface area contributed by atoms with Crippen molar-refractivity contribution in [1.29, 1.82) is 0 Å². The molecule has 0 amide bonds. The quantitative estimate of drug-likeness (QED) is 0.852. The van der Waals surface area contributed by atoms with Crippen molar-refractivity contribution in [1.82, 2.24) is 4.98 Å². The molecule has 0 bridgehead atoms. The summed E-state index contributed by atoms with van der Waals surface area (Å²) in [6.45, 7) is 0. The lowest BCUT2D eigenvalue weighted by atomic mass is 10.0. The van der Waals surface area contributed by atoms with Crippen molar-refractivity contribution in [2.45, 2.75) is 25.7 Å². The second-order valence-corrected chi connectivity index (χ2v) is 6.30. The molecule has 0 radical (unpaired) electrons. The number of nitrogens with two attached hydrogens (primary N) is 1. The Morgan fingerprint density at radius 1 is 1.35 bits per heavy atom. The van der Waals surface area contributed by atoms with Crippen LogP contribution in [-0.4, -0.2) is 9.97 Å². The van der Waals surface area contributed by atoms with Crippen molar-refractivity contribution in [2.24, 2.45) is 5.73 Å². The van der Waals surface area contributed by atoms with Gasteiger partial charge in [-0.05, 0) is 43.9 Å². The molecule has 3 rings (SSSR count). The van der Waals surface area contributed by atoms with E-state index in [2.05, 4.69) is 10.3 Å². The molecule has 0 atom stereocenters. The molecule has 0 saturated heterocycles. The number of aromatic nitrogens is 1. The fraction of sp³-hybridized carbons (Fsp3) is 0.286. The van der Waals surface area contributed by atoms with E-state index >= 15 is 0 Å². The Balaban J connectivity index is 1.82. The summed E-state index contributed by atoms with van der Waals surface area (Å²) >= 11 is 6.44. The van der Waals surface area contributed by atoms with Crippen molar-refractivity contribution in [3.8, 4) is 0 Å². The van der Waals surface area contributed by atoms with Gasteiger partial charge in [0.1, 0.15) is 10.8 Å². The predicted octanol–water partition coefficient (Wildman–Crippen LogP) is 3.54. The van der Waals surface area contributed by atoms with Crippen LogP contribution in [0.3, 0.4) is 0 Å². The molecule has 0 saturated carbocycles. The molecule has 3 nitrogen and oxygen atoms in total. The smallest absolute Gasteiger partial charge is 0.187 e. The predicted molar refractivity (Wildman–Crippen MR) is 84.3 cm³/mol. The first-order valence-electron chi connectivity index (χ1n) is 6.48. The molecule has 1 aliphatic carbocycles. The lowest BCUT2D eigenvalue weighted by Crippen LogP contribution is -2.11. The second kappa shape index (κ2) is 5.46. The summed E-state index contributed by atoms with van der Waals surface area (Å²) in [5.41, 5.74) is 7.56. The number of thiocarbonyl (C=S) groups is 1. The first-order chi connectivity index (χ1) is 9.63. The topological polar surface area (TPSA) is 50.9 Å². The maximum atomic E-state index is 13.8. The number of anilines is 2. The Morgan fingerprint density at radius 2 is 2.15 bits per heavy atom. The van der Waals surface area contributed by atoms with Crippen LogP contribution in [-0.2, 0) is 12.8 Å². The van der Waals surface area contributed by atoms with Crippen LogP contribution >= 0.6 is 23.6 Å². The molecule has 20 heavy (non-hydrogen) atoms. The molecule has 1 heterocycles. The molecular formula is C14H14FN3S2. The van der Waals surface area contributed by atoms with Gasteiger partial charge in [0.2, 0.25) is 0 Å². The molecule has 0 unspecified atom stereocenters. The number of aryl methyl sites for hydroxylation is 2. The van der Waals surface area contributed by atoms with Gasteiger partial charge in [-0.25, -0.2) is 9.37 Å². The third-order valence-corrected chi connectivity index (χ3v) is 4.62. The van der Waals surface area contributed by atoms with Crippen LogP contribution in [0.5, 0.6) is 0 Å². The normalized spacial score (nSPS) is 13.8. The molecule has 0 fully saturated rings. The zero-order chi connectivity index (χ0) is 14.1.